The molecule has 8 heteroatoms. The first-order chi connectivity index (χ1) is 13.3. The zero-order chi connectivity index (χ0) is 20.6. The maximum absolute atomic E-state index is 12.7. The molecule has 3 N–H and O–H groups in total. The van der Waals surface area contributed by atoms with E-state index in [1.54, 1.807) is 21.0 Å². The molecule has 0 saturated heterocycles. The largest absolute Gasteiger partial charge is 0.501 e. The zero-order valence-electron chi connectivity index (χ0n) is 17.4. The number of amidine groups is 2. The number of carbonyl (C=O) groups excluding carboxylic acids is 1. The summed E-state index contributed by atoms with van der Waals surface area (Å²) >= 11 is 0. The van der Waals surface area contributed by atoms with Crippen molar-refractivity contribution in [2.45, 2.75) is 53.1 Å². The van der Waals surface area contributed by atoms with Gasteiger partial charge in [0, 0.05) is 29.4 Å². The summed E-state index contributed by atoms with van der Waals surface area (Å²) in [6, 6.07) is -0.0522. The molecule has 0 aromatic carbocycles. The van der Waals surface area contributed by atoms with E-state index in [0.29, 0.717) is 24.7 Å². The molecule has 0 aromatic heterocycles. The number of carbonyl (C=O) groups is 1. The summed E-state index contributed by atoms with van der Waals surface area (Å²) in [5, 5.41) is 0. The summed E-state index contributed by atoms with van der Waals surface area (Å²) in [5.74, 6) is 1.65. The van der Waals surface area contributed by atoms with Crippen LogP contribution >= 0.6 is 0 Å². The van der Waals surface area contributed by atoms with Crippen molar-refractivity contribution in [2.75, 3.05) is 13.7 Å². The van der Waals surface area contributed by atoms with Crippen molar-refractivity contribution in [3.63, 3.8) is 0 Å². The first-order valence-corrected chi connectivity index (χ1v) is 9.75. The van der Waals surface area contributed by atoms with Gasteiger partial charge in [-0.25, -0.2) is 4.99 Å². The number of methoxy groups -OCH3 is 1. The Kier molecular flexibility index (Phi) is 5.79. The summed E-state index contributed by atoms with van der Waals surface area (Å²) in [6.07, 6.45) is 0.583. The lowest BCUT2D eigenvalue weighted by Gasteiger charge is -2.36. The Hall–Kier alpha value is -2.35. The number of hydroxylamine groups is 1. The third kappa shape index (κ3) is 3.41. The maximum Gasteiger partial charge on any atom is 0.317 e. The fraction of sp³-hybridized carbons (Fsp3) is 0.650. The number of aliphatic imine (C=N–C) groups is 2. The smallest absolute Gasteiger partial charge is 0.317 e. The molecule has 0 amide bonds. The highest BCUT2D eigenvalue weighted by Gasteiger charge is 2.51. The molecule has 0 bridgehead atoms. The van der Waals surface area contributed by atoms with Gasteiger partial charge in [-0.2, -0.15) is 0 Å². The molecule has 3 rings (SSSR count). The fourth-order valence-corrected chi connectivity index (χ4v) is 4.59. The molecular formula is C20H30N4O4. The van der Waals surface area contributed by atoms with E-state index in [1.807, 2.05) is 6.92 Å². The molecule has 3 aliphatic rings. The van der Waals surface area contributed by atoms with Crippen LogP contribution in [-0.4, -0.2) is 43.4 Å². The Labute approximate surface area is 165 Å². The normalized spacial score (nSPS) is 32.9. The monoisotopic (exact) mass is 390 g/mol. The Bertz CT molecular complexity index is 779. The lowest BCUT2D eigenvalue weighted by Crippen LogP contribution is -2.39. The third-order valence-electron chi connectivity index (χ3n) is 5.68. The Morgan fingerprint density at radius 1 is 1.39 bits per heavy atom. The Morgan fingerprint density at radius 2 is 2.11 bits per heavy atom. The maximum atomic E-state index is 12.7. The second kappa shape index (κ2) is 7.95. The van der Waals surface area contributed by atoms with Gasteiger partial charge in [-0.15, -0.1) is 5.48 Å². The van der Waals surface area contributed by atoms with Crippen molar-refractivity contribution >= 4 is 17.6 Å². The number of esters is 1. The Morgan fingerprint density at radius 3 is 2.64 bits per heavy atom. The molecule has 154 valence electrons. The number of allylic oxidation sites excluding steroid dienone is 2. The van der Waals surface area contributed by atoms with Gasteiger partial charge < -0.3 is 20.0 Å². The molecular weight excluding hydrogens is 360 g/mol. The topological polar surface area (TPSA) is 108 Å². The molecule has 2 aliphatic heterocycles. The van der Waals surface area contributed by atoms with E-state index in [1.165, 1.54) is 0 Å². The molecule has 8 nitrogen and oxygen atoms in total. The van der Waals surface area contributed by atoms with Crippen molar-refractivity contribution in [1.82, 2.24) is 5.48 Å². The van der Waals surface area contributed by atoms with Gasteiger partial charge >= 0.3 is 5.97 Å². The molecule has 2 heterocycles. The highest BCUT2D eigenvalue weighted by Crippen LogP contribution is 2.48. The number of nitrogens with two attached hydrogens (primary N) is 1. The Balaban J connectivity index is 2.06. The van der Waals surface area contributed by atoms with Gasteiger partial charge in [0.15, 0.2) is 0 Å². The zero-order valence-corrected chi connectivity index (χ0v) is 17.4. The second-order valence-corrected chi connectivity index (χ2v) is 7.57. The quantitative estimate of drug-likeness (QED) is 0.432. The van der Waals surface area contributed by atoms with Crippen LogP contribution in [0.1, 0.15) is 41.0 Å². The van der Waals surface area contributed by atoms with Crippen LogP contribution in [0.15, 0.2) is 32.6 Å². The molecule has 5 unspecified atom stereocenters. The number of nitrogens with one attached hydrogen (secondary N) is 1. The van der Waals surface area contributed by atoms with Gasteiger partial charge in [-0.1, -0.05) is 6.92 Å². The molecule has 0 radical (unpaired) electrons. The van der Waals surface area contributed by atoms with Gasteiger partial charge in [0.1, 0.15) is 17.5 Å². The van der Waals surface area contributed by atoms with E-state index in [2.05, 4.69) is 24.3 Å². The van der Waals surface area contributed by atoms with Crippen molar-refractivity contribution < 1.29 is 19.1 Å². The van der Waals surface area contributed by atoms with E-state index in [9.17, 15) is 4.79 Å². The minimum Gasteiger partial charge on any atom is -0.501 e. The van der Waals surface area contributed by atoms with Crippen LogP contribution in [0.3, 0.4) is 0 Å². The molecule has 0 saturated carbocycles. The van der Waals surface area contributed by atoms with E-state index >= 15 is 0 Å². The first-order valence-electron chi connectivity index (χ1n) is 9.75. The van der Waals surface area contributed by atoms with Gasteiger partial charge in [0.2, 0.25) is 0 Å². The number of hydrogen-bond acceptors (Lipinski definition) is 7. The predicted molar refractivity (Wildman–Crippen MR) is 106 cm³/mol. The second-order valence-electron chi connectivity index (χ2n) is 7.57. The number of ether oxygens (including phenoxy) is 2. The molecule has 1 aliphatic carbocycles. The SMILES string of the molecule is CCOC(=O)C1C(N=C(C)N)=NC2C(C)C(C3=C(C)ONC3C)=C(OC)CC12. The predicted octanol–water partition coefficient (Wildman–Crippen LogP) is 2.08. The lowest BCUT2D eigenvalue weighted by atomic mass is 9.70. The average molecular weight is 390 g/mol. The minimum atomic E-state index is -0.539. The number of fused-ring (bicyclic) bond motifs is 1. The van der Waals surface area contributed by atoms with E-state index < -0.39 is 5.92 Å². The van der Waals surface area contributed by atoms with Crippen LogP contribution in [0.4, 0.5) is 0 Å². The van der Waals surface area contributed by atoms with Crippen LogP contribution in [0.25, 0.3) is 0 Å². The third-order valence-corrected chi connectivity index (χ3v) is 5.68. The number of rotatable bonds is 4. The number of hydrogen-bond donors (Lipinski definition) is 2. The molecule has 5 atom stereocenters. The highest BCUT2D eigenvalue weighted by atomic mass is 16.7. The van der Waals surface area contributed by atoms with Crippen LogP contribution in [0, 0.1) is 17.8 Å². The lowest BCUT2D eigenvalue weighted by molar-refractivity contribution is -0.147. The van der Waals surface area contributed by atoms with Gasteiger partial charge in [0.25, 0.3) is 0 Å². The summed E-state index contributed by atoms with van der Waals surface area (Å²) < 4.78 is 11.1. The molecule has 28 heavy (non-hydrogen) atoms. The standard InChI is InChI=1S/C20H30N4O4/c1-7-27-20(25)17-13-8-14(26-6)15(16-10(3)24-28-11(16)4)9(2)18(13)23-19(17)22-12(5)21/h9-10,13,17-18,24H,7-8H2,1-6H3,(H2,21,22,23). The van der Waals surface area contributed by atoms with Crippen LogP contribution in [0.5, 0.6) is 0 Å². The summed E-state index contributed by atoms with van der Waals surface area (Å²) in [7, 11) is 1.67. The van der Waals surface area contributed by atoms with Crippen LogP contribution < -0.4 is 11.2 Å². The first kappa shape index (κ1) is 20.4. The fourth-order valence-electron chi connectivity index (χ4n) is 4.59. The van der Waals surface area contributed by atoms with Crippen molar-refractivity contribution in [3.05, 3.63) is 22.7 Å². The van der Waals surface area contributed by atoms with Crippen LogP contribution in [0.2, 0.25) is 0 Å². The minimum absolute atomic E-state index is 0.0345. The van der Waals surface area contributed by atoms with E-state index in [0.717, 1.165) is 22.7 Å². The van der Waals surface area contributed by atoms with Crippen molar-refractivity contribution in [2.24, 2.45) is 33.5 Å². The molecule has 0 aromatic rings. The molecule has 0 spiro atoms. The van der Waals surface area contributed by atoms with E-state index in [4.69, 9.17) is 25.0 Å². The van der Waals surface area contributed by atoms with Crippen molar-refractivity contribution in [3.8, 4) is 0 Å². The molecule has 0 fully saturated rings. The van der Waals surface area contributed by atoms with Gasteiger partial charge in [0.05, 0.1) is 37.4 Å². The summed E-state index contributed by atoms with van der Waals surface area (Å²) in [5.41, 5.74) is 11.0. The van der Waals surface area contributed by atoms with Gasteiger partial charge in [-0.05, 0) is 27.7 Å². The van der Waals surface area contributed by atoms with Gasteiger partial charge in [-0.3, -0.25) is 9.79 Å². The average Bonchev–Trinajstić information content (AvgIpc) is 3.15. The highest BCUT2D eigenvalue weighted by molar-refractivity contribution is 6.07. The van der Waals surface area contributed by atoms with Crippen LogP contribution in [-0.2, 0) is 19.1 Å². The van der Waals surface area contributed by atoms with E-state index in [-0.39, 0.29) is 29.9 Å². The summed E-state index contributed by atoms with van der Waals surface area (Å²) in [4.78, 5) is 27.5. The van der Waals surface area contributed by atoms with Crippen molar-refractivity contribution in [1.29, 1.82) is 0 Å². The number of nitrogens with zero attached hydrogens (tertiary/aromatic N) is 2. The summed E-state index contributed by atoms with van der Waals surface area (Å²) in [6.45, 7) is 9.91.